The van der Waals surface area contributed by atoms with Gasteiger partial charge in [0.05, 0.1) is 41.3 Å². The number of imidazole rings is 1. The van der Waals surface area contributed by atoms with Crippen molar-refractivity contribution < 1.29 is 8.42 Å². The summed E-state index contributed by atoms with van der Waals surface area (Å²) in [6.45, 7) is 0.329. The van der Waals surface area contributed by atoms with Crippen LogP contribution in [-0.4, -0.2) is 22.3 Å². The summed E-state index contributed by atoms with van der Waals surface area (Å²) in [6.07, 6.45) is 4.87. The van der Waals surface area contributed by atoms with Crippen molar-refractivity contribution in [3.63, 3.8) is 0 Å². The van der Waals surface area contributed by atoms with Crippen LogP contribution >= 0.6 is 0 Å². The highest BCUT2D eigenvalue weighted by Gasteiger charge is 2.24. The number of hydrogen-bond donors (Lipinski definition) is 0. The van der Waals surface area contributed by atoms with Gasteiger partial charge >= 0.3 is 0 Å². The Morgan fingerprint density at radius 3 is 2.37 bits per heavy atom. The van der Waals surface area contributed by atoms with Crippen molar-refractivity contribution in [3.8, 4) is 12.3 Å². The predicted molar refractivity (Wildman–Crippen MR) is 97.3 cm³/mol. The molecule has 0 radical (unpaired) electrons. The van der Waals surface area contributed by atoms with Gasteiger partial charge in [-0.15, -0.1) is 0 Å². The molecule has 7 nitrogen and oxygen atoms in total. The molecule has 0 saturated heterocycles. The molecule has 0 saturated carbocycles. The Morgan fingerprint density at radius 2 is 1.74 bits per heavy atom. The van der Waals surface area contributed by atoms with E-state index in [4.69, 9.17) is 5.26 Å². The van der Waals surface area contributed by atoms with Crippen molar-refractivity contribution in [2.24, 2.45) is 0 Å². The standard InChI is InChI=1S/C19H15N5O2S/c20-10-16-6-8-17(9-7-16)12-23-15-22-11-18(23)13-24(14-21)27(25,26)19-4-2-1-3-5-19/h1-9,11,15H,12-13H2. The molecule has 2 aromatic carbocycles. The Kier molecular flexibility index (Phi) is 5.20. The third kappa shape index (κ3) is 3.97. The Bertz CT molecular complexity index is 1110. The Morgan fingerprint density at radius 1 is 1.04 bits per heavy atom. The molecule has 0 atom stereocenters. The number of hydrogen-bond acceptors (Lipinski definition) is 5. The fourth-order valence-electron chi connectivity index (χ4n) is 2.54. The van der Waals surface area contributed by atoms with Crippen molar-refractivity contribution in [1.82, 2.24) is 13.9 Å². The summed E-state index contributed by atoms with van der Waals surface area (Å²) in [7, 11) is -3.93. The van der Waals surface area contributed by atoms with Gasteiger partial charge in [-0.1, -0.05) is 30.3 Å². The zero-order chi connectivity index (χ0) is 19.3. The molecule has 27 heavy (non-hydrogen) atoms. The first-order chi connectivity index (χ1) is 13.0. The fraction of sp³-hybridized carbons (Fsp3) is 0.105. The fourth-order valence-corrected chi connectivity index (χ4v) is 3.71. The Hall–Kier alpha value is -3.62. The molecule has 3 rings (SSSR count). The average molecular weight is 377 g/mol. The van der Waals surface area contributed by atoms with Gasteiger partial charge in [-0.2, -0.15) is 14.8 Å². The Labute approximate surface area is 157 Å². The first kappa shape index (κ1) is 18.2. The number of sulfonamides is 1. The van der Waals surface area contributed by atoms with Gasteiger partial charge in [0.2, 0.25) is 0 Å². The van der Waals surface area contributed by atoms with Crippen LogP contribution in [0.25, 0.3) is 0 Å². The highest BCUT2D eigenvalue weighted by atomic mass is 32.2. The SMILES string of the molecule is N#Cc1ccc(Cn2cncc2CN(C#N)S(=O)(=O)c2ccccc2)cc1. The third-order valence-corrected chi connectivity index (χ3v) is 5.64. The largest absolute Gasteiger partial charge is 0.328 e. The molecule has 0 aliphatic rings. The smallest absolute Gasteiger partial charge is 0.272 e. The minimum atomic E-state index is -3.93. The second kappa shape index (κ2) is 7.73. The number of nitrogens with zero attached hydrogens (tertiary/aromatic N) is 5. The van der Waals surface area contributed by atoms with Gasteiger partial charge in [0, 0.05) is 6.54 Å². The second-order valence-corrected chi connectivity index (χ2v) is 7.61. The zero-order valence-electron chi connectivity index (χ0n) is 14.2. The lowest BCUT2D eigenvalue weighted by atomic mass is 10.1. The van der Waals surface area contributed by atoms with E-state index in [1.165, 1.54) is 18.3 Å². The van der Waals surface area contributed by atoms with Gasteiger partial charge in [-0.3, -0.25) is 0 Å². The maximum Gasteiger partial charge on any atom is 0.272 e. The number of benzene rings is 2. The molecule has 0 aliphatic carbocycles. The van der Waals surface area contributed by atoms with E-state index in [0.29, 0.717) is 17.8 Å². The van der Waals surface area contributed by atoms with Crippen molar-refractivity contribution in [1.29, 1.82) is 10.5 Å². The van der Waals surface area contributed by atoms with Gasteiger partial charge in [0.25, 0.3) is 10.0 Å². The molecule has 0 fully saturated rings. The lowest BCUT2D eigenvalue weighted by Crippen LogP contribution is -2.27. The number of nitriles is 2. The molecule has 0 bridgehead atoms. The summed E-state index contributed by atoms with van der Waals surface area (Å²) in [6, 6.07) is 17.0. The van der Waals surface area contributed by atoms with Gasteiger partial charge in [0.1, 0.15) is 0 Å². The van der Waals surface area contributed by atoms with E-state index in [0.717, 1.165) is 9.87 Å². The van der Waals surface area contributed by atoms with E-state index in [1.807, 2.05) is 12.1 Å². The average Bonchev–Trinajstić information content (AvgIpc) is 3.14. The van der Waals surface area contributed by atoms with Crippen LogP contribution in [0.5, 0.6) is 0 Å². The van der Waals surface area contributed by atoms with Crippen LogP contribution in [0.3, 0.4) is 0 Å². The van der Waals surface area contributed by atoms with Crippen LogP contribution in [0.15, 0.2) is 72.0 Å². The maximum absolute atomic E-state index is 12.7. The quantitative estimate of drug-likeness (QED) is 0.485. The van der Waals surface area contributed by atoms with E-state index in [9.17, 15) is 13.7 Å². The van der Waals surface area contributed by atoms with Gasteiger partial charge < -0.3 is 4.57 Å². The maximum atomic E-state index is 12.7. The molecule has 0 N–H and O–H groups in total. The molecule has 0 unspecified atom stereocenters. The summed E-state index contributed by atoms with van der Waals surface area (Å²) in [5.74, 6) is 0. The normalized spacial score (nSPS) is 10.7. The minimum Gasteiger partial charge on any atom is -0.328 e. The van der Waals surface area contributed by atoms with Crippen molar-refractivity contribution >= 4 is 10.0 Å². The molecule has 0 spiro atoms. The zero-order valence-corrected chi connectivity index (χ0v) is 15.0. The van der Waals surface area contributed by atoms with E-state index >= 15 is 0 Å². The number of rotatable bonds is 6. The topological polar surface area (TPSA) is 103 Å². The molecule has 1 aromatic heterocycles. The predicted octanol–water partition coefficient (Wildman–Crippen LogP) is 2.48. The summed E-state index contributed by atoms with van der Waals surface area (Å²) in [5.41, 5.74) is 2.08. The summed E-state index contributed by atoms with van der Waals surface area (Å²) in [5, 5.41) is 18.3. The molecule has 0 amide bonds. The van der Waals surface area contributed by atoms with Gasteiger partial charge in [-0.25, -0.2) is 13.4 Å². The van der Waals surface area contributed by atoms with Crippen molar-refractivity contribution in [2.45, 2.75) is 18.0 Å². The summed E-state index contributed by atoms with van der Waals surface area (Å²) in [4.78, 5) is 4.13. The van der Waals surface area contributed by atoms with Crippen LogP contribution in [-0.2, 0) is 23.1 Å². The molecule has 8 heteroatoms. The molecule has 3 aromatic rings. The first-order valence-electron chi connectivity index (χ1n) is 8.00. The molecule has 1 heterocycles. The highest BCUT2D eigenvalue weighted by Crippen LogP contribution is 2.18. The monoisotopic (exact) mass is 377 g/mol. The highest BCUT2D eigenvalue weighted by molar-refractivity contribution is 7.89. The van der Waals surface area contributed by atoms with E-state index < -0.39 is 10.0 Å². The van der Waals surface area contributed by atoms with Crippen LogP contribution in [0.1, 0.15) is 16.8 Å². The van der Waals surface area contributed by atoms with Crippen molar-refractivity contribution in [3.05, 3.63) is 83.9 Å². The van der Waals surface area contributed by atoms with Crippen LogP contribution in [0.2, 0.25) is 0 Å². The van der Waals surface area contributed by atoms with Crippen molar-refractivity contribution in [2.75, 3.05) is 0 Å². The van der Waals surface area contributed by atoms with Gasteiger partial charge in [0.15, 0.2) is 6.19 Å². The molecule has 0 aliphatic heterocycles. The summed E-state index contributed by atoms with van der Waals surface area (Å²) < 4.78 is 27.9. The number of aromatic nitrogens is 2. The lowest BCUT2D eigenvalue weighted by Gasteiger charge is -2.17. The first-order valence-corrected chi connectivity index (χ1v) is 9.44. The van der Waals surface area contributed by atoms with Crippen LogP contribution in [0.4, 0.5) is 0 Å². The third-order valence-electron chi connectivity index (χ3n) is 3.98. The Balaban J connectivity index is 1.82. The molecular formula is C19H15N5O2S. The van der Waals surface area contributed by atoms with Crippen LogP contribution < -0.4 is 0 Å². The second-order valence-electron chi connectivity index (χ2n) is 5.75. The van der Waals surface area contributed by atoms with Crippen LogP contribution in [0, 0.1) is 22.8 Å². The van der Waals surface area contributed by atoms with E-state index in [-0.39, 0.29) is 11.4 Å². The summed E-state index contributed by atoms with van der Waals surface area (Å²) >= 11 is 0. The van der Waals surface area contributed by atoms with E-state index in [1.54, 1.807) is 47.4 Å². The lowest BCUT2D eigenvalue weighted by molar-refractivity contribution is 0.493. The van der Waals surface area contributed by atoms with Gasteiger partial charge in [-0.05, 0) is 29.8 Å². The molecule has 134 valence electrons. The minimum absolute atomic E-state index is 0.0599. The van der Waals surface area contributed by atoms with E-state index in [2.05, 4.69) is 11.1 Å². The molecular weight excluding hydrogens is 362 g/mol.